The Morgan fingerprint density at radius 2 is 2.06 bits per heavy atom. The van der Waals surface area contributed by atoms with Crippen molar-refractivity contribution >= 4 is 11.6 Å². The Morgan fingerprint density at radius 1 is 1.39 bits per heavy atom. The third kappa shape index (κ3) is 3.79. The molecule has 1 amide bonds. The number of anilines is 1. The number of carbonyl (C=O) groups excluding carboxylic acids is 1. The number of hydrogen-bond acceptors (Lipinski definition) is 2. The lowest BCUT2D eigenvalue weighted by atomic mass is 10.0. The molecule has 102 valence electrons. The Morgan fingerprint density at radius 3 is 2.61 bits per heavy atom. The van der Waals surface area contributed by atoms with Crippen LogP contribution in [0.3, 0.4) is 0 Å². The molecule has 0 aliphatic heterocycles. The van der Waals surface area contributed by atoms with Crippen LogP contribution in [0, 0.1) is 5.92 Å². The van der Waals surface area contributed by atoms with Crippen LogP contribution >= 0.6 is 0 Å². The first kappa shape index (κ1) is 14.6. The Bertz CT molecular complexity index is 380. The molecule has 4 nitrogen and oxygen atoms in total. The molecule has 1 rings (SSSR count). The number of aryl methyl sites for hydroxylation is 1. The van der Waals surface area contributed by atoms with E-state index in [4.69, 9.17) is 5.73 Å². The highest BCUT2D eigenvalue weighted by Gasteiger charge is 2.13. The van der Waals surface area contributed by atoms with E-state index in [-0.39, 0.29) is 5.91 Å². The first-order chi connectivity index (χ1) is 8.62. The van der Waals surface area contributed by atoms with Gasteiger partial charge in [-0.25, -0.2) is 0 Å². The van der Waals surface area contributed by atoms with E-state index in [2.05, 4.69) is 26.1 Å². The van der Waals surface area contributed by atoms with Gasteiger partial charge in [0.25, 0.3) is 5.91 Å². The number of nitrogens with two attached hydrogens (primary N) is 1. The zero-order chi connectivity index (χ0) is 13.5. The topological polar surface area (TPSA) is 60.0 Å². The summed E-state index contributed by atoms with van der Waals surface area (Å²) >= 11 is 0. The average molecular weight is 251 g/mol. The zero-order valence-electron chi connectivity index (χ0n) is 11.7. The molecule has 3 N–H and O–H groups in total. The molecule has 0 aliphatic rings. The van der Waals surface area contributed by atoms with E-state index in [1.165, 1.54) is 0 Å². The van der Waals surface area contributed by atoms with Crippen LogP contribution < -0.4 is 11.1 Å². The molecule has 18 heavy (non-hydrogen) atoms. The van der Waals surface area contributed by atoms with Crippen LogP contribution in [0.4, 0.5) is 5.69 Å². The Hall–Kier alpha value is -1.45. The largest absolute Gasteiger partial charge is 0.397 e. The Kier molecular flexibility index (Phi) is 5.75. The van der Waals surface area contributed by atoms with Crippen molar-refractivity contribution in [3.8, 4) is 0 Å². The van der Waals surface area contributed by atoms with Crippen molar-refractivity contribution in [1.29, 1.82) is 0 Å². The van der Waals surface area contributed by atoms with Crippen LogP contribution in [-0.2, 0) is 6.54 Å². The SMILES string of the molecule is CCCn1cc(N)cc1C(=O)NCC(CC)CC. The smallest absolute Gasteiger partial charge is 0.267 e. The van der Waals surface area contributed by atoms with Crippen LogP contribution in [0.5, 0.6) is 0 Å². The maximum atomic E-state index is 12.1. The van der Waals surface area contributed by atoms with Gasteiger partial charge in [0.05, 0.1) is 5.69 Å². The normalized spacial score (nSPS) is 10.9. The fourth-order valence-electron chi connectivity index (χ4n) is 2.05. The first-order valence-corrected chi connectivity index (χ1v) is 6.86. The van der Waals surface area contributed by atoms with Crippen molar-refractivity contribution < 1.29 is 4.79 Å². The standard InChI is InChI=1S/C14H25N3O/c1-4-7-17-10-12(15)8-13(17)14(18)16-9-11(5-2)6-3/h8,10-11H,4-7,9,15H2,1-3H3,(H,16,18). The van der Waals surface area contributed by atoms with Gasteiger partial charge in [0.1, 0.15) is 5.69 Å². The molecule has 0 atom stereocenters. The predicted octanol–water partition coefficient (Wildman–Crippen LogP) is 2.65. The fourth-order valence-corrected chi connectivity index (χ4v) is 2.05. The van der Waals surface area contributed by atoms with E-state index in [1.54, 1.807) is 6.07 Å². The highest BCUT2D eigenvalue weighted by molar-refractivity contribution is 5.93. The van der Waals surface area contributed by atoms with Crippen LogP contribution in [0.15, 0.2) is 12.3 Å². The van der Waals surface area contributed by atoms with Gasteiger partial charge in [-0.05, 0) is 18.4 Å². The molecule has 0 radical (unpaired) electrons. The summed E-state index contributed by atoms with van der Waals surface area (Å²) < 4.78 is 1.93. The molecular weight excluding hydrogens is 226 g/mol. The summed E-state index contributed by atoms with van der Waals surface area (Å²) in [6.07, 6.45) is 5.00. The lowest BCUT2D eigenvalue weighted by Crippen LogP contribution is -2.30. The minimum atomic E-state index is -0.0212. The van der Waals surface area contributed by atoms with Gasteiger partial charge in [0, 0.05) is 19.3 Å². The molecule has 0 fully saturated rings. The Labute approximate surface area is 110 Å². The summed E-state index contributed by atoms with van der Waals surface area (Å²) in [6, 6.07) is 1.75. The number of amides is 1. The molecule has 0 spiro atoms. The highest BCUT2D eigenvalue weighted by Crippen LogP contribution is 2.12. The quantitative estimate of drug-likeness (QED) is 0.782. The van der Waals surface area contributed by atoms with Crippen molar-refractivity contribution in [1.82, 2.24) is 9.88 Å². The summed E-state index contributed by atoms with van der Waals surface area (Å²) in [7, 11) is 0. The van der Waals surface area contributed by atoms with E-state index in [0.717, 1.165) is 32.4 Å². The second-order valence-corrected chi connectivity index (χ2v) is 4.74. The summed E-state index contributed by atoms with van der Waals surface area (Å²) in [5.41, 5.74) is 7.07. The number of aromatic nitrogens is 1. The van der Waals surface area contributed by atoms with Gasteiger partial charge in [-0.15, -0.1) is 0 Å². The Balaban J connectivity index is 2.65. The maximum Gasteiger partial charge on any atom is 0.267 e. The van der Waals surface area contributed by atoms with Gasteiger partial charge in [-0.3, -0.25) is 4.79 Å². The van der Waals surface area contributed by atoms with Crippen molar-refractivity contribution in [2.24, 2.45) is 5.92 Å². The van der Waals surface area contributed by atoms with Crippen LogP contribution in [0.25, 0.3) is 0 Å². The van der Waals surface area contributed by atoms with Crippen molar-refractivity contribution in [2.45, 2.75) is 46.6 Å². The fraction of sp³-hybridized carbons (Fsp3) is 0.643. The minimum Gasteiger partial charge on any atom is -0.397 e. The number of rotatable bonds is 7. The molecule has 0 saturated carbocycles. The van der Waals surface area contributed by atoms with Crippen molar-refractivity contribution in [3.05, 3.63) is 18.0 Å². The van der Waals surface area contributed by atoms with Gasteiger partial charge < -0.3 is 15.6 Å². The first-order valence-electron chi connectivity index (χ1n) is 6.86. The van der Waals surface area contributed by atoms with Crippen LogP contribution in [-0.4, -0.2) is 17.0 Å². The number of nitrogen functional groups attached to an aromatic ring is 1. The molecule has 4 heteroatoms. The monoisotopic (exact) mass is 251 g/mol. The molecule has 0 aliphatic carbocycles. The molecule has 0 aromatic carbocycles. The van der Waals surface area contributed by atoms with Crippen molar-refractivity contribution in [3.63, 3.8) is 0 Å². The molecule has 0 saturated heterocycles. The van der Waals surface area contributed by atoms with E-state index in [9.17, 15) is 4.79 Å². The third-order valence-electron chi connectivity index (χ3n) is 3.32. The van der Waals surface area contributed by atoms with Crippen molar-refractivity contribution in [2.75, 3.05) is 12.3 Å². The molecule has 0 bridgehead atoms. The number of hydrogen-bond donors (Lipinski definition) is 2. The lowest BCUT2D eigenvalue weighted by Gasteiger charge is -2.14. The maximum absolute atomic E-state index is 12.1. The predicted molar refractivity (Wildman–Crippen MR) is 75.5 cm³/mol. The summed E-state index contributed by atoms with van der Waals surface area (Å²) in [6.45, 7) is 7.95. The lowest BCUT2D eigenvalue weighted by molar-refractivity contribution is 0.0937. The summed E-state index contributed by atoms with van der Waals surface area (Å²) in [4.78, 5) is 12.1. The van der Waals surface area contributed by atoms with E-state index in [0.29, 0.717) is 17.3 Å². The second-order valence-electron chi connectivity index (χ2n) is 4.74. The molecular formula is C14H25N3O. The van der Waals surface area contributed by atoms with Crippen LogP contribution in [0.2, 0.25) is 0 Å². The summed E-state index contributed by atoms with van der Waals surface area (Å²) in [5, 5.41) is 3.00. The zero-order valence-corrected chi connectivity index (χ0v) is 11.7. The highest BCUT2D eigenvalue weighted by atomic mass is 16.1. The van der Waals surface area contributed by atoms with Gasteiger partial charge in [0.2, 0.25) is 0 Å². The number of nitrogens with zero attached hydrogens (tertiary/aromatic N) is 1. The molecule has 1 aromatic heterocycles. The van der Waals surface area contributed by atoms with E-state index in [1.807, 2.05) is 10.8 Å². The number of nitrogens with one attached hydrogen (secondary N) is 1. The minimum absolute atomic E-state index is 0.0212. The van der Waals surface area contributed by atoms with E-state index >= 15 is 0 Å². The average Bonchev–Trinajstić information content (AvgIpc) is 2.72. The van der Waals surface area contributed by atoms with Gasteiger partial charge >= 0.3 is 0 Å². The molecule has 0 unspecified atom stereocenters. The van der Waals surface area contributed by atoms with Gasteiger partial charge in [-0.1, -0.05) is 33.6 Å². The van der Waals surface area contributed by atoms with Crippen LogP contribution in [0.1, 0.15) is 50.5 Å². The molecule has 1 heterocycles. The third-order valence-corrected chi connectivity index (χ3v) is 3.32. The number of carbonyl (C=O) groups is 1. The van der Waals surface area contributed by atoms with E-state index < -0.39 is 0 Å². The summed E-state index contributed by atoms with van der Waals surface area (Å²) in [5.74, 6) is 0.535. The molecule has 1 aromatic rings. The van der Waals surface area contributed by atoms with Gasteiger partial charge in [-0.2, -0.15) is 0 Å². The van der Waals surface area contributed by atoms with Gasteiger partial charge in [0.15, 0.2) is 0 Å². The second kappa shape index (κ2) is 7.09.